The lowest BCUT2D eigenvalue weighted by Crippen LogP contribution is -2.29. The van der Waals surface area contributed by atoms with Crippen LogP contribution in [0.2, 0.25) is 0 Å². The number of pyridine rings is 1. The van der Waals surface area contributed by atoms with Gasteiger partial charge in [0.2, 0.25) is 0 Å². The highest BCUT2D eigenvalue weighted by Crippen LogP contribution is 2.23. The van der Waals surface area contributed by atoms with Crippen LogP contribution in [0.1, 0.15) is 0 Å². The van der Waals surface area contributed by atoms with Gasteiger partial charge in [-0.25, -0.2) is 0 Å². The van der Waals surface area contributed by atoms with Crippen molar-refractivity contribution >= 4 is 12.6 Å². The fourth-order valence-electron chi connectivity index (χ4n) is 2.22. The van der Waals surface area contributed by atoms with Crippen LogP contribution in [-0.2, 0) is 0 Å². The molecule has 0 aliphatic rings. The van der Waals surface area contributed by atoms with E-state index in [1.165, 1.54) is 0 Å². The monoisotopic (exact) mass is 275 g/mol. The van der Waals surface area contributed by atoms with E-state index in [1.54, 1.807) is 18.3 Å². The first kappa shape index (κ1) is 13.6. The summed E-state index contributed by atoms with van der Waals surface area (Å²) in [6, 6.07) is 21.2. The van der Waals surface area contributed by atoms with Gasteiger partial charge in [-0.05, 0) is 28.7 Å². The number of benzene rings is 2. The van der Waals surface area contributed by atoms with Gasteiger partial charge < -0.3 is 10.0 Å². The Morgan fingerprint density at radius 3 is 2.10 bits per heavy atom. The van der Waals surface area contributed by atoms with Gasteiger partial charge in [0, 0.05) is 11.8 Å². The molecular formula is C17H14BNO2. The van der Waals surface area contributed by atoms with Crippen LogP contribution < -0.4 is 5.46 Å². The van der Waals surface area contributed by atoms with E-state index < -0.39 is 7.12 Å². The molecular weight excluding hydrogens is 261 g/mol. The Labute approximate surface area is 123 Å². The molecule has 0 atom stereocenters. The van der Waals surface area contributed by atoms with Gasteiger partial charge in [-0.2, -0.15) is 0 Å². The lowest BCUT2D eigenvalue weighted by molar-refractivity contribution is 0.426. The van der Waals surface area contributed by atoms with Crippen LogP contribution in [0.4, 0.5) is 0 Å². The molecule has 1 aromatic heterocycles. The summed E-state index contributed by atoms with van der Waals surface area (Å²) in [6.07, 6.45) is 1.78. The van der Waals surface area contributed by atoms with E-state index in [9.17, 15) is 0 Å². The number of hydrogen-bond donors (Lipinski definition) is 2. The maximum absolute atomic E-state index is 9.12. The van der Waals surface area contributed by atoms with Crippen molar-refractivity contribution in [2.45, 2.75) is 0 Å². The van der Waals surface area contributed by atoms with Crippen LogP contribution in [0.5, 0.6) is 0 Å². The highest BCUT2D eigenvalue weighted by molar-refractivity contribution is 6.58. The molecule has 0 aliphatic carbocycles. The molecule has 1 heterocycles. The molecule has 102 valence electrons. The van der Waals surface area contributed by atoms with Crippen LogP contribution in [-0.4, -0.2) is 22.2 Å². The number of nitrogens with zero attached hydrogens (tertiary/aromatic N) is 1. The first-order valence-corrected chi connectivity index (χ1v) is 6.72. The highest BCUT2D eigenvalue weighted by Gasteiger charge is 2.10. The molecule has 4 heteroatoms. The number of aromatic nitrogens is 1. The van der Waals surface area contributed by atoms with Crippen LogP contribution in [0, 0.1) is 0 Å². The third kappa shape index (κ3) is 3.02. The molecule has 0 saturated carbocycles. The second kappa shape index (κ2) is 5.91. The van der Waals surface area contributed by atoms with Gasteiger partial charge in [0.25, 0.3) is 0 Å². The molecule has 0 radical (unpaired) electrons. The SMILES string of the molecule is OB(O)c1ccc(-c2cc(-c3ccccc3)ccn2)cc1. The van der Waals surface area contributed by atoms with E-state index in [0.717, 1.165) is 22.4 Å². The Morgan fingerprint density at radius 2 is 1.43 bits per heavy atom. The molecule has 0 fully saturated rings. The topological polar surface area (TPSA) is 53.4 Å². The van der Waals surface area contributed by atoms with E-state index >= 15 is 0 Å². The van der Waals surface area contributed by atoms with Crippen molar-refractivity contribution in [2.24, 2.45) is 0 Å². The summed E-state index contributed by atoms with van der Waals surface area (Å²) in [5.74, 6) is 0. The molecule has 2 aromatic carbocycles. The van der Waals surface area contributed by atoms with Crippen molar-refractivity contribution in [3.05, 3.63) is 72.9 Å². The molecule has 0 bridgehead atoms. The van der Waals surface area contributed by atoms with Crippen molar-refractivity contribution in [3.63, 3.8) is 0 Å². The van der Waals surface area contributed by atoms with Crippen LogP contribution in [0.3, 0.4) is 0 Å². The minimum absolute atomic E-state index is 0.470. The molecule has 0 aliphatic heterocycles. The predicted octanol–water partition coefficient (Wildman–Crippen LogP) is 2.10. The summed E-state index contributed by atoms with van der Waals surface area (Å²) in [6.45, 7) is 0. The Hall–Kier alpha value is -2.43. The fraction of sp³-hybridized carbons (Fsp3) is 0. The summed E-state index contributed by atoms with van der Waals surface area (Å²) in [4.78, 5) is 4.38. The molecule has 3 aromatic rings. The predicted molar refractivity (Wildman–Crippen MR) is 84.9 cm³/mol. The number of hydrogen-bond acceptors (Lipinski definition) is 3. The first-order valence-electron chi connectivity index (χ1n) is 6.72. The Balaban J connectivity index is 1.96. The zero-order valence-corrected chi connectivity index (χ0v) is 11.3. The Bertz CT molecular complexity index is 727. The lowest BCUT2D eigenvalue weighted by atomic mass is 9.80. The largest absolute Gasteiger partial charge is 0.488 e. The van der Waals surface area contributed by atoms with Gasteiger partial charge in [0.15, 0.2) is 0 Å². The molecule has 0 unspecified atom stereocenters. The second-order valence-corrected chi connectivity index (χ2v) is 4.79. The van der Waals surface area contributed by atoms with Gasteiger partial charge in [0.05, 0.1) is 5.69 Å². The summed E-state index contributed by atoms with van der Waals surface area (Å²) in [5.41, 5.74) is 4.51. The maximum Gasteiger partial charge on any atom is 0.488 e. The standard InChI is InChI=1S/C17H14BNO2/c20-18(21)16-8-6-14(7-9-16)17-12-15(10-11-19-17)13-4-2-1-3-5-13/h1-12,20-21H. The Morgan fingerprint density at radius 1 is 0.714 bits per heavy atom. The summed E-state index contributed by atoms with van der Waals surface area (Å²) < 4.78 is 0. The summed E-state index contributed by atoms with van der Waals surface area (Å²) >= 11 is 0. The van der Waals surface area contributed by atoms with Crippen molar-refractivity contribution < 1.29 is 10.0 Å². The van der Waals surface area contributed by atoms with Gasteiger partial charge in [-0.15, -0.1) is 0 Å². The summed E-state index contributed by atoms with van der Waals surface area (Å²) in [5, 5.41) is 18.2. The van der Waals surface area contributed by atoms with Gasteiger partial charge in [-0.1, -0.05) is 54.6 Å². The first-order chi connectivity index (χ1) is 10.2. The zero-order valence-electron chi connectivity index (χ0n) is 11.3. The normalized spacial score (nSPS) is 10.4. The van der Waals surface area contributed by atoms with Gasteiger partial charge in [0.1, 0.15) is 0 Å². The van der Waals surface area contributed by atoms with E-state index in [1.807, 2.05) is 42.5 Å². The van der Waals surface area contributed by atoms with Crippen molar-refractivity contribution in [1.82, 2.24) is 4.98 Å². The van der Waals surface area contributed by atoms with E-state index in [4.69, 9.17) is 10.0 Å². The molecule has 3 nitrogen and oxygen atoms in total. The average Bonchev–Trinajstić information content (AvgIpc) is 2.56. The van der Waals surface area contributed by atoms with Crippen LogP contribution in [0.25, 0.3) is 22.4 Å². The molecule has 2 N–H and O–H groups in total. The third-order valence-corrected chi connectivity index (χ3v) is 3.37. The molecule has 21 heavy (non-hydrogen) atoms. The van der Waals surface area contributed by atoms with Gasteiger partial charge in [-0.3, -0.25) is 4.98 Å². The van der Waals surface area contributed by atoms with E-state index in [-0.39, 0.29) is 0 Å². The van der Waals surface area contributed by atoms with E-state index in [0.29, 0.717) is 5.46 Å². The molecule has 0 amide bonds. The van der Waals surface area contributed by atoms with Crippen molar-refractivity contribution in [2.75, 3.05) is 0 Å². The molecule has 0 spiro atoms. The third-order valence-electron chi connectivity index (χ3n) is 3.37. The highest BCUT2D eigenvalue weighted by atomic mass is 16.4. The minimum Gasteiger partial charge on any atom is -0.423 e. The fourth-order valence-corrected chi connectivity index (χ4v) is 2.22. The molecule has 3 rings (SSSR count). The van der Waals surface area contributed by atoms with Crippen LogP contribution >= 0.6 is 0 Å². The van der Waals surface area contributed by atoms with Crippen molar-refractivity contribution in [1.29, 1.82) is 0 Å². The smallest absolute Gasteiger partial charge is 0.423 e. The van der Waals surface area contributed by atoms with Crippen molar-refractivity contribution in [3.8, 4) is 22.4 Å². The van der Waals surface area contributed by atoms with Crippen LogP contribution in [0.15, 0.2) is 72.9 Å². The second-order valence-electron chi connectivity index (χ2n) is 4.79. The van der Waals surface area contributed by atoms with E-state index in [2.05, 4.69) is 17.1 Å². The molecule has 0 saturated heterocycles. The summed E-state index contributed by atoms with van der Waals surface area (Å²) in [7, 11) is -1.44. The van der Waals surface area contributed by atoms with Gasteiger partial charge >= 0.3 is 7.12 Å². The lowest BCUT2D eigenvalue weighted by Gasteiger charge is -2.06. The zero-order chi connectivity index (χ0) is 14.7. The quantitative estimate of drug-likeness (QED) is 0.720. The number of rotatable bonds is 3. The Kier molecular flexibility index (Phi) is 3.82. The maximum atomic E-state index is 9.12. The minimum atomic E-state index is -1.44. The average molecular weight is 275 g/mol.